The highest BCUT2D eigenvalue weighted by molar-refractivity contribution is 7.16. The summed E-state index contributed by atoms with van der Waals surface area (Å²) in [5.41, 5.74) is 1.19. The number of rotatable bonds is 4. The van der Waals surface area contributed by atoms with Crippen molar-refractivity contribution in [1.29, 1.82) is 0 Å². The summed E-state index contributed by atoms with van der Waals surface area (Å²) in [5, 5.41) is 19.5. The van der Waals surface area contributed by atoms with Crippen molar-refractivity contribution in [3.63, 3.8) is 0 Å². The van der Waals surface area contributed by atoms with Crippen LogP contribution in [-0.4, -0.2) is 60.7 Å². The van der Waals surface area contributed by atoms with Gasteiger partial charge >= 0.3 is 0 Å². The molecule has 0 saturated carbocycles. The highest BCUT2D eigenvalue weighted by Gasteiger charge is 2.26. The molecule has 0 radical (unpaired) electrons. The van der Waals surface area contributed by atoms with E-state index < -0.39 is 0 Å². The van der Waals surface area contributed by atoms with E-state index in [1.54, 1.807) is 33.0 Å². The van der Waals surface area contributed by atoms with Crippen LogP contribution in [0.4, 0.5) is 5.82 Å². The Morgan fingerprint density at radius 2 is 2.03 bits per heavy atom. The molecule has 2 N–H and O–H groups in total. The van der Waals surface area contributed by atoms with Gasteiger partial charge in [0, 0.05) is 36.8 Å². The molecule has 4 heterocycles. The molecule has 1 atom stereocenters. The van der Waals surface area contributed by atoms with Gasteiger partial charge in [0.25, 0.3) is 5.91 Å². The number of thiazole rings is 1. The van der Waals surface area contributed by atoms with Crippen molar-refractivity contribution in [3.8, 4) is 11.4 Å². The van der Waals surface area contributed by atoms with E-state index in [1.165, 1.54) is 0 Å². The molecular formula is C21H28N6O2S. The Kier molecular flexibility index (Phi) is 5.50. The lowest BCUT2D eigenvalue weighted by molar-refractivity contribution is 0.0541. The van der Waals surface area contributed by atoms with Crippen molar-refractivity contribution in [2.75, 3.05) is 18.4 Å². The standard InChI is InChI=1S/C21H28N6O2S/c1-13(21(2,3)4)23-17-11-16(19(29)26-7-5-14(28)6-8-26)24-18(25-17)15-12-22-27-9-10-30-20(15)27/h9-14,28H,5-8H2,1-4H3,(H,23,24,25). The lowest BCUT2D eigenvalue weighted by atomic mass is 9.88. The molecule has 1 fully saturated rings. The molecule has 1 unspecified atom stereocenters. The van der Waals surface area contributed by atoms with Crippen molar-refractivity contribution >= 4 is 27.9 Å². The molecule has 1 saturated heterocycles. The average molecular weight is 429 g/mol. The summed E-state index contributed by atoms with van der Waals surface area (Å²) in [7, 11) is 0. The monoisotopic (exact) mass is 428 g/mol. The predicted molar refractivity (Wildman–Crippen MR) is 118 cm³/mol. The number of carbonyl (C=O) groups excluding carboxylic acids is 1. The van der Waals surface area contributed by atoms with Gasteiger partial charge in [-0.2, -0.15) is 5.10 Å². The van der Waals surface area contributed by atoms with Gasteiger partial charge in [-0.25, -0.2) is 14.5 Å². The van der Waals surface area contributed by atoms with Gasteiger partial charge in [0.05, 0.1) is 17.9 Å². The summed E-state index contributed by atoms with van der Waals surface area (Å²) in [6, 6.07) is 1.87. The third-order valence-corrected chi connectivity index (χ3v) is 6.62. The first-order valence-corrected chi connectivity index (χ1v) is 11.1. The minimum absolute atomic E-state index is 0.0248. The Bertz CT molecular complexity index is 1050. The number of carbonyl (C=O) groups is 1. The Labute approximate surface area is 180 Å². The molecule has 9 heteroatoms. The van der Waals surface area contributed by atoms with E-state index >= 15 is 0 Å². The third-order valence-electron chi connectivity index (χ3n) is 5.73. The third kappa shape index (κ3) is 4.17. The van der Waals surface area contributed by atoms with Gasteiger partial charge in [-0.05, 0) is 25.2 Å². The highest BCUT2D eigenvalue weighted by atomic mass is 32.1. The van der Waals surface area contributed by atoms with Crippen molar-refractivity contribution in [1.82, 2.24) is 24.5 Å². The Hall–Kier alpha value is -2.52. The van der Waals surface area contributed by atoms with Crippen molar-refractivity contribution in [2.24, 2.45) is 5.41 Å². The number of aromatic nitrogens is 4. The largest absolute Gasteiger partial charge is 0.393 e. The highest BCUT2D eigenvalue weighted by Crippen LogP contribution is 2.28. The summed E-state index contributed by atoms with van der Waals surface area (Å²) in [4.78, 5) is 25.2. The van der Waals surface area contributed by atoms with E-state index in [0.717, 1.165) is 10.4 Å². The number of amides is 1. The number of hydrogen-bond donors (Lipinski definition) is 2. The second-order valence-electron chi connectivity index (χ2n) is 8.93. The quantitative estimate of drug-likeness (QED) is 0.662. The molecule has 3 aromatic heterocycles. The maximum atomic E-state index is 13.2. The summed E-state index contributed by atoms with van der Waals surface area (Å²) in [6.07, 6.45) is 4.48. The van der Waals surface area contributed by atoms with Crippen LogP contribution in [0.15, 0.2) is 23.8 Å². The van der Waals surface area contributed by atoms with Crippen LogP contribution in [-0.2, 0) is 0 Å². The first kappa shape index (κ1) is 20.7. The van der Waals surface area contributed by atoms with E-state index in [9.17, 15) is 9.90 Å². The van der Waals surface area contributed by atoms with E-state index in [0.29, 0.717) is 43.3 Å². The number of aliphatic hydroxyl groups excluding tert-OH is 1. The lowest BCUT2D eigenvalue weighted by Crippen LogP contribution is -2.40. The first-order valence-electron chi connectivity index (χ1n) is 10.3. The summed E-state index contributed by atoms with van der Waals surface area (Å²) < 4.78 is 1.79. The summed E-state index contributed by atoms with van der Waals surface area (Å²) in [6.45, 7) is 9.64. The molecule has 1 aliphatic heterocycles. The molecule has 1 aliphatic rings. The second-order valence-corrected chi connectivity index (χ2v) is 9.82. The second kappa shape index (κ2) is 7.96. The number of aliphatic hydroxyl groups is 1. The lowest BCUT2D eigenvalue weighted by Gasteiger charge is -2.30. The van der Waals surface area contributed by atoms with Crippen LogP contribution in [0.25, 0.3) is 16.2 Å². The van der Waals surface area contributed by atoms with Crippen molar-refractivity contribution in [3.05, 3.63) is 29.5 Å². The molecule has 160 valence electrons. The molecule has 0 aromatic carbocycles. The van der Waals surface area contributed by atoms with Crippen LogP contribution in [0.3, 0.4) is 0 Å². The van der Waals surface area contributed by atoms with Crippen molar-refractivity contribution in [2.45, 2.75) is 52.7 Å². The Morgan fingerprint density at radius 3 is 2.73 bits per heavy atom. The molecule has 8 nitrogen and oxygen atoms in total. The van der Waals surface area contributed by atoms with Gasteiger partial charge in [-0.1, -0.05) is 20.8 Å². The van der Waals surface area contributed by atoms with Crippen LogP contribution < -0.4 is 5.32 Å². The number of hydrogen-bond acceptors (Lipinski definition) is 7. The minimum atomic E-state index is -0.334. The Morgan fingerprint density at radius 1 is 1.30 bits per heavy atom. The molecule has 0 spiro atoms. The predicted octanol–water partition coefficient (Wildman–Crippen LogP) is 3.30. The van der Waals surface area contributed by atoms with Crippen LogP contribution in [0.5, 0.6) is 0 Å². The zero-order valence-corrected chi connectivity index (χ0v) is 18.6. The number of nitrogens with one attached hydrogen (secondary N) is 1. The van der Waals surface area contributed by atoms with Gasteiger partial charge in [0.1, 0.15) is 16.3 Å². The molecule has 0 aliphatic carbocycles. The van der Waals surface area contributed by atoms with Crippen LogP contribution in [0, 0.1) is 5.41 Å². The fourth-order valence-electron chi connectivity index (χ4n) is 3.30. The van der Waals surface area contributed by atoms with E-state index in [-0.39, 0.29) is 23.5 Å². The minimum Gasteiger partial charge on any atom is -0.393 e. The zero-order valence-electron chi connectivity index (χ0n) is 17.8. The topological polar surface area (TPSA) is 95.7 Å². The van der Waals surface area contributed by atoms with Crippen molar-refractivity contribution < 1.29 is 9.90 Å². The molecule has 0 bridgehead atoms. The van der Waals surface area contributed by atoms with Gasteiger partial charge in [0.2, 0.25) is 0 Å². The normalized spacial score (nSPS) is 16.8. The van der Waals surface area contributed by atoms with Gasteiger partial charge in [-0.15, -0.1) is 11.3 Å². The van der Waals surface area contributed by atoms with Crippen LogP contribution in [0.2, 0.25) is 0 Å². The number of fused-ring (bicyclic) bond motifs is 1. The molecule has 30 heavy (non-hydrogen) atoms. The van der Waals surface area contributed by atoms with Gasteiger partial charge < -0.3 is 15.3 Å². The van der Waals surface area contributed by atoms with Crippen LogP contribution >= 0.6 is 11.3 Å². The van der Waals surface area contributed by atoms with E-state index in [1.807, 2.05) is 11.6 Å². The van der Waals surface area contributed by atoms with Crippen LogP contribution in [0.1, 0.15) is 51.0 Å². The number of piperidine rings is 1. The SMILES string of the molecule is CC(Nc1cc(C(=O)N2CCC(O)CC2)nc(-c2cnn3ccsc23)n1)C(C)(C)C. The fourth-order valence-corrected chi connectivity index (χ4v) is 4.09. The summed E-state index contributed by atoms with van der Waals surface area (Å²) >= 11 is 1.56. The van der Waals surface area contributed by atoms with Gasteiger partial charge in [-0.3, -0.25) is 4.79 Å². The van der Waals surface area contributed by atoms with E-state index in [2.05, 4.69) is 43.1 Å². The van der Waals surface area contributed by atoms with Gasteiger partial charge in [0.15, 0.2) is 5.82 Å². The molecular weight excluding hydrogens is 400 g/mol. The number of anilines is 1. The summed E-state index contributed by atoms with van der Waals surface area (Å²) in [5.74, 6) is 0.976. The first-order chi connectivity index (χ1) is 14.2. The molecule has 3 aromatic rings. The number of nitrogens with zero attached hydrogens (tertiary/aromatic N) is 5. The van der Waals surface area contributed by atoms with E-state index in [4.69, 9.17) is 4.98 Å². The Balaban J connectivity index is 1.72. The average Bonchev–Trinajstić information content (AvgIpc) is 3.30. The maximum absolute atomic E-state index is 13.2. The number of likely N-dealkylation sites (tertiary alicyclic amines) is 1. The molecule has 1 amide bonds. The smallest absolute Gasteiger partial charge is 0.272 e. The zero-order chi connectivity index (χ0) is 21.5. The fraction of sp³-hybridized carbons (Fsp3) is 0.524. The molecule has 4 rings (SSSR count). The maximum Gasteiger partial charge on any atom is 0.272 e.